The molecule has 32 heavy (non-hydrogen) atoms. The quantitative estimate of drug-likeness (QED) is 0.247. The molecule has 1 aromatic heterocycles. The molecule has 166 valence electrons. The van der Waals surface area contributed by atoms with Crippen molar-refractivity contribution in [3.8, 4) is 0 Å². The Bertz CT molecular complexity index is 1120. The van der Waals surface area contributed by atoms with Crippen molar-refractivity contribution in [2.45, 2.75) is 20.3 Å². The van der Waals surface area contributed by atoms with Gasteiger partial charge >= 0.3 is 0 Å². The molecule has 0 unspecified atom stereocenters. The number of aliphatic imine (C=N–C) groups is 1. The Balaban J connectivity index is 1.72. The average molecular weight is 491 g/mol. The molecule has 3 aromatic rings. The lowest BCUT2D eigenvalue weighted by atomic mass is 10.1. The van der Waals surface area contributed by atoms with Crippen molar-refractivity contribution < 1.29 is 4.39 Å². The highest BCUT2D eigenvalue weighted by molar-refractivity contribution is 7.80. The minimum absolute atomic E-state index is 0.00332. The van der Waals surface area contributed by atoms with Crippen molar-refractivity contribution in [3.05, 3.63) is 81.3 Å². The van der Waals surface area contributed by atoms with Crippen molar-refractivity contribution in [3.63, 3.8) is 0 Å². The van der Waals surface area contributed by atoms with Gasteiger partial charge in [-0.3, -0.25) is 10.3 Å². The summed E-state index contributed by atoms with van der Waals surface area (Å²) in [6.07, 6.45) is 0.700. The topological polar surface area (TPSA) is 74.2 Å². The Hall–Kier alpha value is -2.81. The van der Waals surface area contributed by atoms with Crippen LogP contribution in [0, 0.1) is 19.7 Å². The predicted octanol–water partition coefficient (Wildman–Crippen LogP) is 5.54. The van der Waals surface area contributed by atoms with Crippen LogP contribution >= 0.6 is 35.4 Å². The SMILES string of the molecule is Cc1cc(C)nc(NC(=NCCc2ccc(Cl)cc2)NC(=S)Nc2ccc(F)c(Cl)c2)n1. The van der Waals surface area contributed by atoms with Crippen LogP contribution in [0.3, 0.4) is 0 Å². The fourth-order valence-corrected chi connectivity index (χ4v) is 3.31. The molecule has 0 aliphatic heterocycles. The van der Waals surface area contributed by atoms with E-state index in [2.05, 4.69) is 30.9 Å². The molecule has 1 heterocycles. The summed E-state index contributed by atoms with van der Waals surface area (Å²) in [5.41, 5.74) is 3.28. The summed E-state index contributed by atoms with van der Waals surface area (Å²) in [6.45, 7) is 4.25. The number of aromatic nitrogens is 2. The van der Waals surface area contributed by atoms with Gasteiger partial charge in [-0.2, -0.15) is 0 Å². The van der Waals surface area contributed by atoms with Crippen LogP contribution in [0.2, 0.25) is 10.0 Å². The molecule has 10 heteroatoms. The van der Waals surface area contributed by atoms with Crippen molar-refractivity contribution in [1.82, 2.24) is 15.3 Å². The molecule has 6 nitrogen and oxygen atoms in total. The average Bonchev–Trinajstić information content (AvgIpc) is 2.71. The number of rotatable bonds is 5. The molecule has 0 atom stereocenters. The van der Waals surface area contributed by atoms with Crippen LogP contribution < -0.4 is 16.0 Å². The molecular weight excluding hydrogens is 470 g/mol. The summed E-state index contributed by atoms with van der Waals surface area (Å²) in [7, 11) is 0. The van der Waals surface area contributed by atoms with E-state index in [1.807, 2.05) is 44.2 Å². The molecule has 0 saturated heterocycles. The monoisotopic (exact) mass is 490 g/mol. The summed E-state index contributed by atoms with van der Waals surface area (Å²) in [6, 6.07) is 13.7. The van der Waals surface area contributed by atoms with Crippen LogP contribution in [0.1, 0.15) is 17.0 Å². The van der Waals surface area contributed by atoms with Gasteiger partial charge in [0.1, 0.15) is 5.82 Å². The zero-order valence-corrected chi connectivity index (χ0v) is 19.7. The highest BCUT2D eigenvalue weighted by Gasteiger charge is 2.08. The normalized spacial score (nSPS) is 11.2. The van der Waals surface area contributed by atoms with E-state index in [-0.39, 0.29) is 10.1 Å². The maximum Gasteiger partial charge on any atom is 0.229 e. The second kappa shape index (κ2) is 11.2. The van der Waals surface area contributed by atoms with Gasteiger partial charge in [0, 0.05) is 28.6 Å². The fourth-order valence-electron chi connectivity index (χ4n) is 2.79. The summed E-state index contributed by atoms with van der Waals surface area (Å²) in [5, 5.41) is 9.96. The lowest BCUT2D eigenvalue weighted by molar-refractivity contribution is 0.628. The number of nitrogens with zero attached hydrogens (tertiary/aromatic N) is 3. The first kappa shape index (κ1) is 23.8. The van der Waals surface area contributed by atoms with Crippen LogP contribution in [0.25, 0.3) is 0 Å². The zero-order chi connectivity index (χ0) is 23.1. The molecule has 2 aromatic carbocycles. The molecule has 0 fully saturated rings. The number of anilines is 2. The molecular formula is C22H21Cl2FN6S. The highest BCUT2D eigenvalue weighted by atomic mass is 35.5. The maximum absolute atomic E-state index is 13.4. The molecule has 0 aliphatic carbocycles. The first-order chi connectivity index (χ1) is 15.3. The van der Waals surface area contributed by atoms with E-state index >= 15 is 0 Å². The minimum atomic E-state index is -0.505. The van der Waals surface area contributed by atoms with Gasteiger partial charge in [0.25, 0.3) is 0 Å². The number of hydrogen-bond acceptors (Lipinski definition) is 4. The van der Waals surface area contributed by atoms with E-state index in [4.69, 9.17) is 35.4 Å². The molecule has 0 saturated carbocycles. The van der Waals surface area contributed by atoms with E-state index in [0.717, 1.165) is 17.0 Å². The van der Waals surface area contributed by atoms with Crippen molar-refractivity contribution in [1.29, 1.82) is 0 Å². The van der Waals surface area contributed by atoms with E-state index in [9.17, 15) is 4.39 Å². The largest absolute Gasteiger partial charge is 0.332 e. The summed E-state index contributed by atoms with van der Waals surface area (Å²) in [4.78, 5) is 13.3. The number of thiocarbonyl (C=S) groups is 1. The molecule has 0 bridgehead atoms. The highest BCUT2D eigenvalue weighted by Crippen LogP contribution is 2.19. The van der Waals surface area contributed by atoms with E-state index in [1.54, 1.807) is 0 Å². The Labute approximate surface area is 201 Å². The first-order valence-corrected chi connectivity index (χ1v) is 10.9. The second-order valence-corrected chi connectivity index (χ2v) is 8.17. The van der Waals surface area contributed by atoms with E-state index < -0.39 is 5.82 Å². The van der Waals surface area contributed by atoms with Gasteiger partial charge in [-0.1, -0.05) is 35.3 Å². The molecule has 0 aliphatic rings. The van der Waals surface area contributed by atoms with Gasteiger partial charge < -0.3 is 10.6 Å². The van der Waals surface area contributed by atoms with Crippen molar-refractivity contribution >= 4 is 58.1 Å². The number of benzene rings is 2. The number of aryl methyl sites for hydroxylation is 2. The van der Waals surface area contributed by atoms with E-state index in [0.29, 0.717) is 35.6 Å². The lowest BCUT2D eigenvalue weighted by Crippen LogP contribution is -2.39. The van der Waals surface area contributed by atoms with Crippen LogP contribution in [-0.4, -0.2) is 27.6 Å². The van der Waals surface area contributed by atoms with Crippen LogP contribution in [0.15, 0.2) is 53.5 Å². The standard InChI is InChI=1S/C22H21Cl2FN6S/c1-13-11-14(2)28-21(27-13)30-20(26-10-9-15-3-5-16(23)6-4-15)31-22(32)29-17-7-8-19(25)18(24)12-17/h3-8,11-12H,9-10H2,1-2H3,(H3,26,27,28,29,30,31,32). The van der Waals surface area contributed by atoms with Crippen LogP contribution in [-0.2, 0) is 6.42 Å². The van der Waals surface area contributed by atoms with Crippen LogP contribution in [0.4, 0.5) is 16.0 Å². The Morgan fingerprint density at radius 2 is 1.69 bits per heavy atom. The third-order valence-corrected chi connectivity index (χ3v) is 4.95. The Morgan fingerprint density at radius 1 is 1.00 bits per heavy atom. The van der Waals surface area contributed by atoms with Gasteiger partial charge in [0.05, 0.1) is 5.02 Å². The van der Waals surface area contributed by atoms with Gasteiger partial charge in [0.2, 0.25) is 11.9 Å². The van der Waals surface area contributed by atoms with Gasteiger partial charge in [-0.25, -0.2) is 14.4 Å². The Morgan fingerprint density at radius 3 is 2.34 bits per heavy atom. The van der Waals surface area contributed by atoms with Crippen LogP contribution in [0.5, 0.6) is 0 Å². The molecule has 0 spiro atoms. The van der Waals surface area contributed by atoms with Gasteiger partial charge in [-0.05, 0) is 74.4 Å². The third kappa shape index (κ3) is 7.40. The number of nitrogens with one attached hydrogen (secondary N) is 3. The van der Waals surface area contributed by atoms with Gasteiger partial charge in [-0.15, -0.1) is 0 Å². The van der Waals surface area contributed by atoms with Crippen molar-refractivity contribution in [2.75, 3.05) is 17.2 Å². The minimum Gasteiger partial charge on any atom is -0.332 e. The maximum atomic E-state index is 13.4. The fraction of sp³-hybridized carbons (Fsp3) is 0.182. The summed E-state index contributed by atoms with van der Waals surface area (Å²) in [5.74, 6) is 0.261. The van der Waals surface area contributed by atoms with E-state index in [1.165, 1.54) is 18.2 Å². The molecule has 3 rings (SSSR count). The lowest BCUT2D eigenvalue weighted by Gasteiger charge is -2.14. The summed E-state index contributed by atoms with van der Waals surface area (Å²) >= 11 is 17.2. The second-order valence-electron chi connectivity index (χ2n) is 6.91. The smallest absolute Gasteiger partial charge is 0.229 e. The van der Waals surface area contributed by atoms with Gasteiger partial charge in [0.15, 0.2) is 5.11 Å². The predicted molar refractivity (Wildman–Crippen MR) is 133 cm³/mol. The zero-order valence-electron chi connectivity index (χ0n) is 17.4. The number of guanidine groups is 1. The Kier molecular flexibility index (Phi) is 8.33. The molecule has 0 radical (unpaired) electrons. The molecule has 3 N–H and O–H groups in total. The number of hydrogen-bond donors (Lipinski definition) is 3. The number of halogens is 3. The first-order valence-electron chi connectivity index (χ1n) is 9.70. The third-order valence-electron chi connectivity index (χ3n) is 4.21. The molecule has 0 amide bonds. The van der Waals surface area contributed by atoms with Crippen molar-refractivity contribution in [2.24, 2.45) is 4.99 Å². The summed E-state index contributed by atoms with van der Waals surface area (Å²) < 4.78 is 13.4.